The van der Waals surface area contributed by atoms with Crippen molar-refractivity contribution in [3.05, 3.63) is 95.2 Å². The van der Waals surface area contributed by atoms with Crippen LogP contribution in [0.15, 0.2) is 72.8 Å². The van der Waals surface area contributed by atoms with Crippen molar-refractivity contribution in [1.82, 2.24) is 4.98 Å². The molecule has 1 amide bonds. The van der Waals surface area contributed by atoms with Crippen LogP contribution in [-0.4, -0.2) is 55.7 Å². The van der Waals surface area contributed by atoms with E-state index in [0.717, 1.165) is 58.0 Å². The maximum absolute atomic E-state index is 13.4. The van der Waals surface area contributed by atoms with Crippen molar-refractivity contribution in [3.63, 3.8) is 0 Å². The fourth-order valence-corrected chi connectivity index (χ4v) is 5.44. The van der Waals surface area contributed by atoms with E-state index in [-0.39, 0.29) is 10.5 Å². The third-order valence-corrected chi connectivity index (χ3v) is 7.69. The average Bonchev–Trinajstić information content (AvgIpc) is 2.96. The Kier molecular flexibility index (Phi) is 9.40. The van der Waals surface area contributed by atoms with Crippen LogP contribution < -0.4 is 10.5 Å². The van der Waals surface area contributed by atoms with Crippen LogP contribution in [0.2, 0.25) is 0 Å². The quantitative estimate of drug-likeness (QED) is 0.171. The zero-order valence-electron chi connectivity index (χ0n) is 24.6. The molecule has 0 saturated heterocycles. The van der Waals surface area contributed by atoms with Gasteiger partial charge in [0.1, 0.15) is 13.2 Å². The number of rotatable bonds is 12. The molecule has 7 nitrogen and oxygen atoms in total. The second kappa shape index (κ2) is 13.0. The van der Waals surface area contributed by atoms with E-state index >= 15 is 0 Å². The van der Waals surface area contributed by atoms with Crippen LogP contribution in [0.4, 0.5) is 0 Å². The second-order valence-corrected chi connectivity index (χ2v) is 11.0. The Morgan fingerprint density at radius 3 is 2.39 bits per heavy atom. The maximum Gasteiger partial charge on any atom is 0.369 e. The predicted molar refractivity (Wildman–Crippen MR) is 163 cm³/mol. The lowest BCUT2D eigenvalue weighted by Gasteiger charge is -2.37. The number of aromatic nitrogens is 1. The molecule has 0 aliphatic carbocycles. The fraction of sp³-hybridized carbons (Fsp3) is 0.324. The van der Waals surface area contributed by atoms with Gasteiger partial charge in [0.2, 0.25) is 17.8 Å². The standard InChI is InChI=1S/C34H39N3O4/c1-6-7-16-26-22-25-15-11-12-17-28(25)33(36-26)41-21-20-37(3,4)31(34(39)40-5)29-19-18-27(32(35)38)23(2)30(29)24-13-9-8-10-14-24/h8-15,17-19,22,31H,6-7,16,20-21H2,1-5H3,(H-,35,38)/p+1/t31-/m1/s1. The van der Waals surface area contributed by atoms with Crippen molar-refractivity contribution >= 4 is 22.6 Å². The highest BCUT2D eigenvalue weighted by molar-refractivity contribution is 5.97. The summed E-state index contributed by atoms with van der Waals surface area (Å²) >= 11 is 0. The number of aryl methyl sites for hydroxylation is 1. The third-order valence-electron chi connectivity index (χ3n) is 7.69. The number of hydrogen-bond acceptors (Lipinski definition) is 5. The first-order valence-corrected chi connectivity index (χ1v) is 14.1. The number of ether oxygens (including phenoxy) is 2. The van der Waals surface area contributed by atoms with Gasteiger partial charge in [-0.2, -0.15) is 0 Å². The third kappa shape index (κ3) is 6.57. The number of nitrogens with zero attached hydrogens (tertiary/aromatic N) is 2. The van der Waals surface area contributed by atoms with E-state index < -0.39 is 11.9 Å². The second-order valence-electron chi connectivity index (χ2n) is 11.0. The van der Waals surface area contributed by atoms with Crippen molar-refractivity contribution in [3.8, 4) is 17.0 Å². The van der Waals surface area contributed by atoms with E-state index in [4.69, 9.17) is 20.2 Å². The number of esters is 1. The van der Waals surface area contributed by atoms with Gasteiger partial charge in [0.15, 0.2) is 0 Å². The molecule has 4 aromatic rings. The monoisotopic (exact) mass is 554 g/mol. The van der Waals surface area contributed by atoms with E-state index in [1.165, 1.54) is 7.11 Å². The van der Waals surface area contributed by atoms with Gasteiger partial charge in [-0.15, -0.1) is 0 Å². The van der Waals surface area contributed by atoms with Crippen molar-refractivity contribution in [1.29, 1.82) is 0 Å². The number of unbranched alkanes of at least 4 members (excludes halogenated alkanes) is 1. The number of nitrogens with two attached hydrogens (primary N) is 1. The van der Waals surface area contributed by atoms with Gasteiger partial charge in [-0.05, 0) is 60.0 Å². The number of pyridine rings is 1. The lowest BCUT2D eigenvalue weighted by atomic mass is 9.87. The Morgan fingerprint density at radius 2 is 1.71 bits per heavy atom. The highest BCUT2D eigenvalue weighted by Gasteiger charge is 2.40. The molecule has 2 N–H and O–H groups in total. The Hall–Kier alpha value is -4.23. The molecule has 0 saturated carbocycles. The molecule has 0 unspecified atom stereocenters. The number of primary amides is 1. The van der Waals surface area contributed by atoms with Gasteiger partial charge in [-0.25, -0.2) is 9.78 Å². The van der Waals surface area contributed by atoms with Gasteiger partial charge in [0, 0.05) is 22.2 Å². The lowest BCUT2D eigenvalue weighted by Crippen LogP contribution is -2.49. The highest BCUT2D eigenvalue weighted by Crippen LogP contribution is 2.38. The molecule has 0 aliphatic heterocycles. The molecule has 41 heavy (non-hydrogen) atoms. The lowest BCUT2D eigenvalue weighted by molar-refractivity contribution is -0.912. The first-order valence-electron chi connectivity index (χ1n) is 14.1. The van der Waals surface area contributed by atoms with Crippen LogP contribution >= 0.6 is 0 Å². The first kappa shape index (κ1) is 29.7. The number of fused-ring (bicyclic) bond motifs is 1. The molecular weight excluding hydrogens is 514 g/mol. The summed E-state index contributed by atoms with van der Waals surface area (Å²) in [5.74, 6) is -0.275. The van der Waals surface area contributed by atoms with Gasteiger partial charge in [-0.1, -0.05) is 67.9 Å². The minimum absolute atomic E-state index is 0.259. The molecule has 1 atom stereocenters. The number of methoxy groups -OCH3 is 1. The minimum Gasteiger partial charge on any atom is -0.471 e. The summed E-state index contributed by atoms with van der Waals surface area (Å²) < 4.78 is 11.9. The molecule has 0 bridgehead atoms. The molecule has 3 aromatic carbocycles. The summed E-state index contributed by atoms with van der Waals surface area (Å²) in [5.41, 5.74) is 10.3. The summed E-state index contributed by atoms with van der Waals surface area (Å²) in [6.45, 7) is 4.88. The Balaban J connectivity index is 1.69. The Bertz CT molecular complexity index is 1530. The van der Waals surface area contributed by atoms with Crippen LogP contribution in [0.25, 0.3) is 21.9 Å². The number of amides is 1. The van der Waals surface area contributed by atoms with Crippen LogP contribution in [0.5, 0.6) is 5.88 Å². The summed E-state index contributed by atoms with van der Waals surface area (Å²) in [6, 6.07) is 22.8. The maximum atomic E-state index is 13.4. The topological polar surface area (TPSA) is 91.5 Å². The van der Waals surface area contributed by atoms with Crippen molar-refractivity contribution < 1.29 is 23.5 Å². The molecule has 1 heterocycles. The summed E-state index contributed by atoms with van der Waals surface area (Å²) in [7, 11) is 5.37. The molecule has 0 aliphatic rings. The zero-order valence-corrected chi connectivity index (χ0v) is 24.6. The van der Waals surface area contributed by atoms with Gasteiger partial charge in [0.25, 0.3) is 0 Å². The predicted octanol–water partition coefficient (Wildman–Crippen LogP) is 6.02. The SMILES string of the molecule is CCCCc1cc2ccccc2c(OCC[N+](C)(C)[C@@H](C(=O)OC)c2ccc(C(N)=O)c(C)c2-c2ccccc2)n1. The number of quaternary nitrogens is 1. The normalized spacial score (nSPS) is 12.2. The molecule has 1 aromatic heterocycles. The van der Waals surface area contributed by atoms with E-state index in [0.29, 0.717) is 24.6 Å². The first-order chi connectivity index (χ1) is 19.7. The van der Waals surface area contributed by atoms with Gasteiger partial charge < -0.3 is 19.7 Å². The minimum atomic E-state index is -0.681. The number of hydrogen-bond donors (Lipinski definition) is 1. The largest absolute Gasteiger partial charge is 0.471 e. The summed E-state index contributed by atoms with van der Waals surface area (Å²) in [6.07, 6.45) is 3.05. The average molecular weight is 555 g/mol. The molecule has 0 fully saturated rings. The van der Waals surface area contributed by atoms with Crippen LogP contribution in [0, 0.1) is 6.92 Å². The number of benzene rings is 3. The Morgan fingerprint density at radius 1 is 1.00 bits per heavy atom. The van der Waals surface area contributed by atoms with E-state index in [1.54, 1.807) is 6.07 Å². The van der Waals surface area contributed by atoms with E-state index in [1.807, 2.05) is 75.6 Å². The smallest absolute Gasteiger partial charge is 0.369 e. The molecule has 0 spiro atoms. The van der Waals surface area contributed by atoms with E-state index in [2.05, 4.69) is 19.1 Å². The highest BCUT2D eigenvalue weighted by atomic mass is 16.5. The molecule has 0 radical (unpaired) electrons. The van der Waals surface area contributed by atoms with Crippen molar-refractivity contribution in [2.24, 2.45) is 5.73 Å². The molecule has 214 valence electrons. The van der Waals surface area contributed by atoms with Gasteiger partial charge >= 0.3 is 5.97 Å². The molecule has 4 rings (SSSR count). The number of likely N-dealkylation sites (N-methyl/N-ethyl adjacent to an activating group) is 1. The van der Waals surface area contributed by atoms with Gasteiger partial charge in [0.05, 0.1) is 21.2 Å². The van der Waals surface area contributed by atoms with Gasteiger partial charge in [-0.3, -0.25) is 4.79 Å². The number of carbonyl (C=O) groups excluding carboxylic acids is 2. The summed E-state index contributed by atoms with van der Waals surface area (Å²) in [4.78, 5) is 30.5. The zero-order chi connectivity index (χ0) is 29.6. The van der Waals surface area contributed by atoms with Crippen molar-refractivity contribution in [2.45, 2.75) is 39.2 Å². The fourth-order valence-electron chi connectivity index (χ4n) is 5.44. The van der Waals surface area contributed by atoms with Crippen LogP contribution in [0.1, 0.15) is 53.0 Å². The van der Waals surface area contributed by atoms with Crippen LogP contribution in [-0.2, 0) is 16.0 Å². The summed E-state index contributed by atoms with van der Waals surface area (Å²) in [5, 5.41) is 2.06. The number of carbonyl (C=O) groups is 2. The Labute approximate surface area is 242 Å². The molecule has 7 heteroatoms. The van der Waals surface area contributed by atoms with Crippen molar-refractivity contribution in [2.75, 3.05) is 34.4 Å². The van der Waals surface area contributed by atoms with E-state index in [9.17, 15) is 9.59 Å². The molecular formula is C34H40N3O4+. The van der Waals surface area contributed by atoms with Crippen LogP contribution in [0.3, 0.4) is 0 Å².